The predicted molar refractivity (Wildman–Crippen MR) is 58.1 cm³/mol. The minimum Gasteiger partial charge on any atom is -0.305 e. The molecule has 0 bridgehead atoms. The van der Waals surface area contributed by atoms with Crippen molar-refractivity contribution < 1.29 is 0 Å². The van der Waals surface area contributed by atoms with Gasteiger partial charge in [0.25, 0.3) is 0 Å². The molecular weight excluding hydrogens is 244 g/mol. The number of nitrogens with zero attached hydrogens (tertiary/aromatic N) is 4. The van der Waals surface area contributed by atoms with Crippen LogP contribution in [0.25, 0.3) is 5.65 Å². The van der Waals surface area contributed by atoms with E-state index in [2.05, 4.69) is 30.9 Å². The number of fused-ring (bicyclic) bond motifs is 1. The Labute approximate surface area is 90.7 Å². The van der Waals surface area contributed by atoms with Crippen molar-refractivity contribution in [2.75, 3.05) is 14.1 Å². The van der Waals surface area contributed by atoms with Crippen molar-refractivity contribution in [3.63, 3.8) is 0 Å². The van der Waals surface area contributed by atoms with Crippen LogP contribution < -0.4 is 0 Å². The minimum atomic E-state index is 0.872. The van der Waals surface area contributed by atoms with E-state index in [0.717, 1.165) is 16.8 Å². The minimum absolute atomic E-state index is 0.872. The molecule has 0 saturated heterocycles. The maximum absolute atomic E-state index is 4.27. The second kappa shape index (κ2) is 3.67. The second-order valence-corrected chi connectivity index (χ2v) is 4.27. The van der Waals surface area contributed by atoms with Gasteiger partial charge in [-0.2, -0.15) is 5.10 Å². The van der Waals surface area contributed by atoms with Gasteiger partial charge in [-0.15, -0.1) is 0 Å². The zero-order valence-electron chi connectivity index (χ0n) is 8.11. The van der Waals surface area contributed by atoms with E-state index in [0.29, 0.717) is 0 Å². The van der Waals surface area contributed by atoms with E-state index in [-0.39, 0.29) is 0 Å². The Balaban J connectivity index is 2.42. The summed E-state index contributed by atoms with van der Waals surface area (Å²) in [5.41, 5.74) is 2.04. The Kier molecular flexibility index (Phi) is 2.52. The average molecular weight is 255 g/mol. The fourth-order valence-corrected chi connectivity index (χ4v) is 1.71. The molecule has 14 heavy (non-hydrogen) atoms. The molecular formula is C9H11BrN4. The highest BCUT2D eigenvalue weighted by Gasteiger charge is 2.02. The quantitative estimate of drug-likeness (QED) is 0.816. The summed E-state index contributed by atoms with van der Waals surface area (Å²) in [6.45, 7) is 0.883. The highest BCUT2D eigenvalue weighted by atomic mass is 79.9. The molecule has 0 radical (unpaired) electrons. The monoisotopic (exact) mass is 254 g/mol. The smallest absolute Gasteiger partial charge is 0.155 e. The highest BCUT2D eigenvalue weighted by Crippen LogP contribution is 2.12. The van der Waals surface area contributed by atoms with Gasteiger partial charge in [0.1, 0.15) is 4.60 Å². The topological polar surface area (TPSA) is 33.4 Å². The van der Waals surface area contributed by atoms with Gasteiger partial charge in [0, 0.05) is 6.54 Å². The lowest BCUT2D eigenvalue weighted by molar-refractivity contribution is 0.401. The summed E-state index contributed by atoms with van der Waals surface area (Å²) >= 11 is 3.37. The van der Waals surface area contributed by atoms with Crippen LogP contribution in [0.3, 0.4) is 0 Å². The van der Waals surface area contributed by atoms with E-state index in [1.807, 2.05) is 26.4 Å². The molecule has 2 heterocycles. The van der Waals surface area contributed by atoms with Gasteiger partial charge in [-0.1, -0.05) is 0 Å². The molecule has 0 fully saturated rings. The van der Waals surface area contributed by atoms with Crippen LogP contribution in [0.15, 0.2) is 23.1 Å². The number of halogens is 1. The van der Waals surface area contributed by atoms with E-state index < -0.39 is 0 Å². The first kappa shape index (κ1) is 9.61. The third-order valence-corrected chi connectivity index (χ3v) is 2.42. The van der Waals surface area contributed by atoms with Crippen LogP contribution in [0.1, 0.15) is 5.56 Å². The molecule has 2 aromatic heterocycles. The van der Waals surface area contributed by atoms with Crippen LogP contribution in [0.2, 0.25) is 0 Å². The SMILES string of the molecule is CN(C)Cc1cnn2c(Br)cnc2c1. The summed E-state index contributed by atoms with van der Waals surface area (Å²) in [5, 5.41) is 4.27. The normalized spacial score (nSPS) is 11.4. The third kappa shape index (κ3) is 1.78. The Morgan fingerprint density at radius 1 is 1.43 bits per heavy atom. The van der Waals surface area contributed by atoms with Crippen molar-refractivity contribution in [1.82, 2.24) is 19.5 Å². The molecule has 2 rings (SSSR count). The van der Waals surface area contributed by atoms with Gasteiger partial charge in [-0.3, -0.25) is 0 Å². The Hall–Kier alpha value is -0.940. The Morgan fingerprint density at radius 2 is 2.21 bits per heavy atom. The largest absolute Gasteiger partial charge is 0.305 e. The van der Waals surface area contributed by atoms with Crippen LogP contribution in [0.4, 0.5) is 0 Å². The van der Waals surface area contributed by atoms with Gasteiger partial charge < -0.3 is 4.90 Å². The molecule has 0 N–H and O–H groups in total. The van der Waals surface area contributed by atoms with Crippen molar-refractivity contribution in [3.05, 3.63) is 28.6 Å². The van der Waals surface area contributed by atoms with E-state index in [9.17, 15) is 0 Å². The van der Waals surface area contributed by atoms with Gasteiger partial charge in [-0.25, -0.2) is 9.50 Å². The number of hydrogen-bond donors (Lipinski definition) is 0. The number of hydrogen-bond acceptors (Lipinski definition) is 3. The summed E-state index contributed by atoms with van der Waals surface area (Å²) < 4.78 is 2.64. The number of rotatable bonds is 2. The molecule has 0 unspecified atom stereocenters. The lowest BCUT2D eigenvalue weighted by atomic mass is 10.3. The molecule has 0 aliphatic rings. The van der Waals surface area contributed by atoms with Gasteiger partial charge in [-0.05, 0) is 41.7 Å². The first-order chi connectivity index (χ1) is 6.66. The fourth-order valence-electron chi connectivity index (χ4n) is 1.34. The molecule has 0 amide bonds. The predicted octanol–water partition coefficient (Wildman–Crippen LogP) is 1.55. The van der Waals surface area contributed by atoms with Crippen molar-refractivity contribution in [2.24, 2.45) is 0 Å². The van der Waals surface area contributed by atoms with Crippen LogP contribution in [-0.2, 0) is 6.54 Å². The van der Waals surface area contributed by atoms with E-state index in [4.69, 9.17) is 0 Å². The van der Waals surface area contributed by atoms with Crippen molar-refractivity contribution in [3.8, 4) is 0 Å². The number of aromatic nitrogens is 3. The zero-order valence-corrected chi connectivity index (χ0v) is 9.69. The molecule has 0 aliphatic carbocycles. The van der Waals surface area contributed by atoms with Gasteiger partial charge >= 0.3 is 0 Å². The maximum atomic E-state index is 4.27. The lowest BCUT2D eigenvalue weighted by Crippen LogP contribution is -2.11. The van der Waals surface area contributed by atoms with E-state index in [1.54, 1.807) is 10.7 Å². The Morgan fingerprint density at radius 3 is 2.93 bits per heavy atom. The molecule has 0 saturated carbocycles. The van der Waals surface area contributed by atoms with Crippen LogP contribution in [0.5, 0.6) is 0 Å². The van der Waals surface area contributed by atoms with Gasteiger partial charge in [0.2, 0.25) is 0 Å². The summed E-state index contributed by atoms with van der Waals surface area (Å²) in [6.07, 6.45) is 3.61. The first-order valence-electron chi connectivity index (χ1n) is 4.30. The van der Waals surface area contributed by atoms with Crippen molar-refractivity contribution in [1.29, 1.82) is 0 Å². The van der Waals surface area contributed by atoms with E-state index in [1.165, 1.54) is 5.56 Å². The molecule has 2 aromatic rings. The van der Waals surface area contributed by atoms with Crippen LogP contribution in [0, 0.1) is 0 Å². The Bertz CT molecular complexity index is 449. The van der Waals surface area contributed by atoms with Crippen molar-refractivity contribution >= 4 is 21.6 Å². The van der Waals surface area contributed by atoms with E-state index >= 15 is 0 Å². The third-order valence-electron chi connectivity index (χ3n) is 1.88. The molecule has 74 valence electrons. The van der Waals surface area contributed by atoms with Gasteiger partial charge in [0.15, 0.2) is 5.65 Å². The summed E-state index contributed by atoms with van der Waals surface area (Å²) in [5.74, 6) is 0. The molecule has 0 atom stereocenters. The fraction of sp³-hybridized carbons (Fsp3) is 0.333. The number of imidazole rings is 1. The zero-order chi connectivity index (χ0) is 10.1. The summed E-state index contributed by atoms with van der Waals surface area (Å²) in [6, 6.07) is 2.04. The molecule has 5 heteroatoms. The van der Waals surface area contributed by atoms with Crippen LogP contribution >= 0.6 is 15.9 Å². The first-order valence-corrected chi connectivity index (χ1v) is 5.09. The summed E-state index contributed by atoms with van der Waals surface area (Å²) in [4.78, 5) is 6.32. The van der Waals surface area contributed by atoms with Gasteiger partial charge in [0.05, 0.1) is 12.4 Å². The highest BCUT2D eigenvalue weighted by molar-refractivity contribution is 9.10. The second-order valence-electron chi connectivity index (χ2n) is 3.45. The molecule has 0 spiro atoms. The molecule has 0 aliphatic heterocycles. The standard InChI is InChI=1S/C9H11BrN4/c1-13(2)6-7-3-9-11-5-8(10)14(9)12-4-7/h3-5H,6H2,1-2H3. The maximum Gasteiger partial charge on any atom is 0.155 e. The lowest BCUT2D eigenvalue weighted by Gasteiger charge is -2.08. The molecule has 4 nitrogen and oxygen atoms in total. The summed E-state index contributed by atoms with van der Waals surface area (Å²) in [7, 11) is 4.07. The van der Waals surface area contributed by atoms with Crippen molar-refractivity contribution in [2.45, 2.75) is 6.54 Å². The molecule has 0 aromatic carbocycles. The average Bonchev–Trinajstić information content (AvgIpc) is 2.46. The van der Waals surface area contributed by atoms with Crippen LogP contribution in [-0.4, -0.2) is 33.6 Å².